The fourth-order valence-electron chi connectivity index (χ4n) is 5.75. The van der Waals surface area contributed by atoms with E-state index in [9.17, 15) is 18.4 Å². The molecule has 0 spiro atoms. The lowest BCUT2D eigenvalue weighted by atomic mass is 9.54. The van der Waals surface area contributed by atoms with E-state index in [2.05, 4.69) is 10.5 Å². The summed E-state index contributed by atoms with van der Waals surface area (Å²) in [6, 6.07) is 0.111. The number of hydrogen-bond acceptors (Lipinski definition) is 7. The van der Waals surface area contributed by atoms with Gasteiger partial charge in [-0.25, -0.2) is 0 Å². The van der Waals surface area contributed by atoms with Crippen molar-refractivity contribution in [1.82, 2.24) is 15.8 Å². The van der Waals surface area contributed by atoms with E-state index in [4.69, 9.17) is 15.0 Å². The maximum absolute atomic E-state index is 14.1. The van der Waals surface area contributed by atoms with Crippen molar-refractivity contribution in [3.8, 4) is 5.88 Å². The first-order chi connectivity index (χ1) is 15.8. The molecule has 34 heavy (non-hydrogen) atoms. The quantitative estimate of drug-likeness (QED) is 0.382. The predicted molar refractivity (Wildman–Crippen MR) is 126 cm³/mol. The zero-order valence-electron chi connectivity index (χ0n) is 19.2. The maximum atomic E-state index is 14.1. The number of aromatic nitrogens is 1. The topological polar surface area (TPSA) is 119 Å². The smallest absolute Gasteiger partial charge is 0.357 e. The van der Waals surface area contributed by atoms with Gasteiger partial charge in [-0.15, -0.1) is 24.2 Å². The van der Waals surface area contributed by atoms with Crippen molar-refractivity contribution in [3.05, 3.63) is 5.76 Å². The second-order valence-electron chi connectivity index (χ2n) is 9.46. The SMILES string of the molecule is CCCSc1c(OCC(F)(F)C(=O)NCCN)noc1C(=O)NC1C2CC3CC(C2)CC1C3.Cl. The lowest BCUT2D eigenvalue weighted by Gasteiger charge is -2.54. The van der Waals surface area contributed by atoms with Crippen LogP contribution in [0.25, 0.3) is 0 Å². The Morgan fingerprint density at radius 1 is 1.21 bits per heavy atom. The molecular formula is C22H33ClF2N4O4S. The molecule has 0 saturated heterocycles. The van der Waals surface area contributed by atoms with Gasteiger partial charge in [-0.2, -0.15) is 8.78 Å². The third-order valence-corrected chi connectivity index (χ3v) is 8.21. The normalized spacial score (nSPS) is 27.2. The molecule has 5 rings (SSSR count). The van der Waals surface area contributed by atoms with Gasteiger partial charge < -0.3 is 25.6 Å². The van der Waals surface area contributed by atoms with Gasteiger partial charge in [0.15, 0.2) is 6.61 Å². The van der Waals surface area contributed by atoms with Gasteiger partial charge in [-0.3, -0.25) is 9.59 Å². The summed E-state index contributed by atoms with van der Waals surface area (Å²) in [5, 5.41) is 8.94. The molecule has 0 aliphatic heterocycles. The molecule has 2 amide bonds. The standard InChI is InChI=1S/C22H32F2N4O4S.ClH/c1-2-5-33-18-17(32-28-20(18)31-11-22(23,24)21(30)26-4-3-25)19(29)27-16-14-7-12-6-13(9-14)10-15(16)8-12;/h12-16H,2-11,25H2,1H3,(H,26,30)(H,27,29);1H. The summed E-state index contributed by atoms with van der Waals surface area (Å²) in [5.41, 5.74) is 5.23. The van der Waals surface area contributed by atoms with Gasteiger partial charge in [0.2, 0.25) is 5.76 Å². The summed E-state index contributed by atoms with van der Waals surface area (Å²) < 4.78 is 38.7. The molecule has 1 heterocycles. The number of alkyl halides is 2. The molecule has 0 unspecified atom stereocenters. The first-order valence-electron chi connectivity index (χ1n) is 11.7. The van der Waals surface area contributed by atoms with E-state index in [1.165, 1.54) is 18.2 Å². The molecule has 4 bridgehead atoms. The minimum Gasteiger partial charge on any atom is -0.468 e. The van der Waals surface area contributed by atoms with Gasteiger partial charge >= 0.3 is 5.92 Å². The Morgan fingerprint density at radius 3 is 2.44 bits per heavy atom. The lowest BCUT2D eigenvalue weighted by molar-refractivity contribution is -0.149. The molecule has 192 valence electrons. The Bertz CT molecular complexity index is 844. The van der Waals surface area contributed by atoms with Gasteiger partial charge in [-0.1, -0.05) is 6.92 Å². The lowest BCUT2D eigenvalue weighted by Crippen LogP contribution is -2.55. The zero-order chi connectivity index (χ0) is 23.6. The van der Waals surface area contributed by atoms with Crippen LogP contribution < -0.4 is 21.1 Å². The highest BCUT2D eigenvalue weighted by Gasteiger charge is 2.49. The summed E-state index contributed by atoms with van der Waals surface area (Å²) in [5.74, 6) is -2.69. The van der Waals surface area contributed by atoms with Gasteiger partial charge in [0.25, 0.3) is 17.7 Å². The van der Waals surface area contributed by atoms with E-state index in [0.29, 0.717) is 17.6 Å². The van der Waals surface area contributed by atoms with E-state index >= 15 is 0 Å². The Morgan fingerprint density at radius 2 is 1.85 bits per heavy atom. The fourth-order valence-corrected chi connectivity index (χ4v) is 6.64. The minimum absolute atomic E-state index is 0. The van der Waals surface area contributed by atoms with E-state index in [0.717, 1.165) is 43.9 Å². The fraction of sp³-hybridized carbons (Fsp3) is 0.773. The number of carbonyl (C=O) groups excluding carboxylic acids is 2. The molecule has 4 N–H and O–H groups in total. The number of nitrogens with one attached hydrogen (secondary N) is 2. The molecule has 4 fully saturated rings. The number of carbonyl (C=O) groups is 2. The molecule has 0 aromatic carbocycles. The zero-order valence-corrected chi connectivity index (χ0v) is 20.8. The number of rotatable bonds is 11. The van der Waals surface area contributed by atoms with Crippen LogP contribution in [0.1, 0.15) is 56.0 Å². The molecule has 1 aromatic rings. The van der Waals surface area contributed by atoms with Crippen molar-refractivity contribution < 1.29 is 27.6 Å². The van der Waals surface area contributed by atoms with E-state index in [1.807, 2.05) is 12.2 Å². The summed E-state index contributed by atoms with van der Waals surface area (Å²) in [7, 11) is 0. The van der Waals surface area contributed by atoms with Crippen LogP contribution in [0.2, 0.25) is 0 Å². The van der Waals surface area contributed by atoms with Crippen LogP contribution >= 0.6 is 24.2 Å². The molecule has 4 aliphatic rings. The summed E-state index contributed by atoms with van der Waals surface area (Å²) >= 11 is 1.27. The second-order valence-corrected chi connectivity index (χ2v) is 10.6. The van der Waals surface area contributed by atoms with Crippen LogP contribution in [0.4, 0.5) is 8.78 Å². The van der Waals surface area contributed by atoms with Crippen molar-refractivity contribution in [2.24, 2.45) is 29.4 Å². The summed E-state index contributed by atoms with van der Waals surface area (Å²) in [6.07, 6.45) is 6.73. The van der Waals surface area contributed by atoms with Gasteiger partial charge in [0, 0.05) is 19.1 Å². The Kier molecular flexibility index (Phi) is 9.08. The molecule has 1 aromatic heterocycles. The number of ether oxygens (including phenoxy) is 1. The number of thioether (sulfide) groups is 1. The number of halogens is 3. The van der Waals surface area contributed by atoms with Crippen molar-refractivity contribution in [3.63, 3.8) is 0 Å². The predicted octanol–water partition coefficient (Wildman–Crippen LogP) is 3.24. The highest BCUT2D eigenvalue weighted by atomic mass is 35.5. The van der Waals surface area contributed by atoms with Crippen LogP contribution in [0.3, 0.4) is 0 Å². The largest absolute Gasteiger partial charge is 0.468 e. The molecular weight excluding hydrogens is 490 g/mol. The summed E-state index contributed by atoms with van der Waals surface area (Å²) in [4.78, 5) is 25.1. The van der Waals surface area contributed by atoms with Gasteiger partial charge in [-0.05, 0) is 73.1 Å². The maximum Gasteiger partial charge on any atom is 0.357 e. The number of hydrogen-bond donors (Lipinski definition) is 3. The van der Waals surface area contributed by atoms with Gasteiger partial charge in [0.1, 0.15) is 4.90 Å². The Labute approximate surface area is 208 Å². The first kappa shape index (κ1) is 27.0. The summed E-state index contributed by atoms with van der Waals surface area (Å²) in [6.45, 7) is 0.731. The second kappa shape index (κ2) is 11.4. The highest BCUT2D eigenvalue weighted by Crippen LogP contribution is 2.53. The highest BCUT2D eigenvalue weighted by molar-refractivity contribution is 7.99. The first-order valence-corrected chi connectivity index (χ1v) is 12.7. The monoisotopic (exact) mass is 522 g/mol. The number of nitrogens with zero attached hydrogens (tertiary/aromatic N) is 1. The van der Waals surface area contributed by atoms with Crippen molar-refractivity contribution in [2.75, 3.05) is 25.4 Å². The number of nitrogens with two attached hydrogens (primary N) is 1. The average molecular weight is 523 g/mol. The van der Waals surface area contributed by atoms with Crippen LogP contribution in [0.15, 0.2) is 9.42 Å². The molecule has 8 nitrogen and oxygen atoms in total. The molecule has 4 saturated carbocycles. The third kappa shape index (κ3) is 5.79. The van der Waals surface area contributed by atoms with Crippen LogP contribution in [0.5, 0.6) is 5.88 Å². The van der Waals surface area contributed by atoms with Gasteiger partial charge in [0.05, 0.1) is 0 Å². The average Bonchev–Trinajstić information content (AvgIpc) is 3.19. The van der Waals surface area contributed by atoms with Crippen molar-refractivity contribution in [1.29, 1.82) is 0 Å². The molecule has 0 atom stereocenters. The third-order valence-electron chi connectivity index (χ3n) is 6.95. The van der Waals surface area contributed by atoms with E-state index in [-0.39, 0.29) is 54.0 Å². The Hall–Kier alpha value is -1.59. The molecule has 12 heteroatoms. The number of amides is 2. The Balaban J connectivity index is 0.00000324. The van der Waals surface area contributed by atoms with Crippen LogP contribution in [-0.4, -0.2) is 54.4 Å². The van der Waals surface area contributed by atoms with Crippen molar-refractivity contribution >= 4 is 36.0 Å². The van der Waals surface area contributed by atoms with Crippen LogP contribution in [-0.2, 0) is 4.79 Å². The molecule has 0 radical (unpaired) electrons. The van der Waals surface area contributed by atoms with E-state index < -0.39 is 18.4 Å². The van der Waals surface area contributed by atoms with Crippen LogP contribution in [0, 0.1) is 23.7 Å². The minimum atomic E-state index is -3.77. The van der Waals surface area contributed by atoms with Crippen molar-refractivity contribution in [2.45, 2.75) is 62.3 Å². The molecule has 4 aliphatic carbocycles. The van der Waals surface area contributed by atoms with E-state index in [1.54, 1.807) is 0 Å².